The van der Waals surface area contributed by atoms with E-state index >= 15 is 0 Å². The van der Waals surface area contributed by atoms with Gasteiger partial charge in [-0.05, 0) is 15.9 Å². The van der Waals surface area contributed by atoms with Gasteiger partial charge in [0.15, 0.2) is 0 Å². The molecule has 0 spiro atoms. The number of aliphatic hydroxyl groups excluding tert-OH is 1. The van der Waals surface area contributed by atoms with E-state index < -0.39 is 4.92 Å². The summed E-state index contributed by atoms with van der Waals surface area (Å²) >= 11 is 3.33. The third-order valence-corrected chi connectivity index (χ3v) is 3.69. The molecule has 1 saturated heterocycles. The summed E-state index contributed by atoms with van der Waals surface area (Å²) in [5, 5.41) is 19.5. The summed E-state index contributed by atoms with van der Waals surface area (Å²) in [7, 11) is 0. The molecule has 0 bridgehead atoms. The summed E-state index contributed by atoms with van der Waals surface area (Å²) in [4.78, 5) is 18.6. The molecule has 7 nitrogen and oxygen atoms in total. The minimum atomic E-state index is -0.458. The molecule has 1 aliphatic heterocycles. The van der Waals surface area contributed by atoms with E-state index in [1.807, 2.05) is 0 Å². The van der Waals surface area contributed by atoms with Crippen molar-refractivity contribution >= 4 is 27.4 Å². The highest BCUT2D eigenvalue weighted by atomic mass is 79.9. The van der Waals surface area contributed by atoms with E-state index in [1.54, 1.807) is 0 Å². The Morgan fingerprint density at radius 3 is 2.63 bits per heavy atom. The SMILES string of the molecule is O=[N+]([O-])c1cnc(N2CCN(CCO)CC2)c(Br)c1. The first-order valence-corrected chi connectivity index (χ1v) is 6.79. The van der Waals surface area contributed by atoms with Gasteiger partial charge < -0.3 is 10.0 Å². The summed E-state index contributed by atoms with van der Waals surface area (Å²) in [5.74, 6) is 0.731. The quantitative estimate of drug-likeness (QED) is 0.651. The zero-order valence-electron chi connectivity index (χ0n) is 10.3. The lowest BCUT2D eigenvalue weighted by Crippen LogP contribution is -2.47. The first-order valence-electron chi connectivity index (χ1n) is 6.00. The number of β-amino-alcohol motifs (C(OH)–C–C–N with tert-alkyl or cyclic N) is 1. The van der Waals surface area contributed by atoms with Crippen LogP contribution in [0.15, 0.2) is 16.7 Å². The Morgan fingerprint density at radius 2 is 2.11 bits per heavy atom. The molecule has 0 unspecified atom stereocenters. The summed E-state index contributed by atoms with van der Waals surface area (Å²) in [5.41, 5.74) is -0.0189. The van der Waals surface area contributed by atoms with Crippen molar-refractivity contribution in [3.05, 3.63) is 26.9 Å². The van der Waals surface area contributed by atoms with Crippen LogP contribution in [0.2, 0.25) is 0 Å². The second-order valence-corrected chi connectivity index (χ2v) is 5.16. The van der Waals surface area contributed by atoms with Crippen molar-refractivity contribution in [2.24, 2.45) is 0 Å². The summed E-state index contributed by atoms with van der Waals surface area (Å²) in [6, 6.07) is 1.47. The second kappa shape index (κ2) is 6.27. The highest BCUT2D eigenvalue weighted by Gasteiger charge is 2.20. The van der Waals surface area contributed by atoms with E-state index in [2.05, 4.69) is 30.7 Å². The summed E-state index contributed by atoms with van der Waals surface area (Å²) in [6.07, 6.45) is 1.28. The number of hydrogen-bond donors (Lipinski definition) is 1. The number of anilines is 1. The molecule has 19 heavy (non-hydrogen) atoms. The molecule has 0 aliphatic carbocycles. The summed E-state index contributed by atoms with van der Waals surface area (Å²) in [6.45, 7) is 4.15. The third kappa shape index (κ3) is 3.40. The molecule has 1 aliphatic rings. The van der Waals surface area contributed by atoms with E-state index in [9.17, 15) is 10.1 Å². The number of aromatic nitrogens is 1. The van der Waals surface area contributed by atoms with Crippen LogP contribution in [0.25, 0.3) is 0 Å². The predicted octanol–water partition coefficient (Wildman–Crippen LogP) is 0.867. The molecule has 0 saturated carbocycles. The van der Waals surface area contributed by atoms with Gasteiger partial charge >= 0.3 is 0 Å². The molecule has 0 aromatic carbocycles. The fraction of sp³-hybridized carbons (Fsp3) is 0.545. The Balaban J connectivity index is 2.05. The number of rotatable bonds is 4. The summed E-state index contributed by atoms with van der Waals surface area (Å²) < 4.78 is 0.636. The molecule has 8 heteroatoms. The molecule has 2 rings (SSSR count). The molecule has 0 radical (unpaired) electrons. The van der Waals surface area contributed by atoms with Crippen LogP contribution in [0.1, 0.15) is 0 Å². The van der Waals surface area contributed by atoms with Crippen molar-refractivity contribution in [1.29, 1.82) is 0 Å². The van der Waals surface area contributed by atoms with E-state index in [0.29, 0.717) is 11.0 Å². The Morgan fingerprint density at radius 1 is 1.42 bits per heavy atom. The number of piperazine rings is 1. The Labute approximate surface area is 119 Å². The molecule has 1 aromatic rings. The standard InChI is InChI=1S/C11H15BrN4O3/c12-10-7-9(16(18)19)8-13-11(10)15-3-1-14(2-4-15)5-6-17/h7-8,17H,1-6H2. The highest BCUT2D eigenvalue weighted by Crippen LogP contribution is 2.28. The number of pyridine rings is 1. The third-order valence-electron chi connectivity index (χ3n) is 3.11. The molecular formula is C11H15BrN4O3. The minimum absolute atomic E-state index is 0.0189. The van der Waals surface area contributed by atoms with Crippen LogP contribution in [0, 0.1) is 10.1 Å². The molecule has 0 amide bonds. The van der Waals surface area contributed by atoms with Crippen LogP contribution in [0.4, 0.5) is 11.5 Å². The molecule has 1 fully saturated rings. The first-order chi connectivity index (χ1) is 9.11. The van der Waals surface area contributed by atoms with Crippen molar-refractivity contribution in [3.63, 3.8) is 0 Å². The average Bonchev–Trinajstić information content (AvgIpc) is 2.40. The molecule has 104 valence electrons. The minimum Gasteiger partial charge on any atom is -0.395 e. The van der Waals surface area contributed by atoms with E-state index in [4.69, 9.17) is 5.11 Å². The molecule has 0 atom stereocenters. The van der Waals surface area contributed by atoms with Crippen molar-refractivity contribution in [2.75, 3.05) is 44.2 Å². The maximum Gasteiger partial charge on any atom is 0.288 e. The molecular weight excluding hydrogens is 316 g/mol. The van der Waals surface area contributed by atoms with Crippen LogP contribution in [0.3, 0.4) is 0 Å². The van der Waals surface area contributed by atoms with Gasteiger partial charge in [-0.3, -0.25) is 15.0 Å². The number of halogens is 1. The fourth-order valence-electron chi connectivity index (χ4n) is 2.08. The van der Waals surface area contributed by atoms with Crippen molar-refractivity contribution in [1.82, 2.24) is 9.88 Å². The zero-order chi connectivity index (χ0) is 13.8. The smallest absolute Gasteiger partial charge is 0.288 e. The average molecular weight is 331 g/mol. The van der Waals surface area contributed by atoms with Gasteiger partial charge in [-0.2, -0.15) is 0 Å². The lowest BCUT2D eigenvalue weighted by atomic mass is 10.3. The van der Waals surface area contributed by atoms with E-state index in [0.717, 1.165) is 32.0 Å². The molecule has 1 N–H and O–H groups in total. The largest absolute Gasteiger partial charge is 0.395 e. The van der Waals surface area contributed by atoms with Crippen molar-refractivity contribution < 1.29 is 10.0 Å². The zero-order valence-corrected chi connectivity index (χ0v) is 11.9. The number of hydrogen-bond acceptors (Lipinski definition) is 6. The van der Waals surface area contributed by atoms with Crippen molar-refractivity contribution in [2.45, 2.75) is 0 Å². The monoisotopic (exact) mass is 330 g/mol. The van der Waals surface area contributed by atoms with E-state index in [1.165, 1.54) is 12.3 Å². The number of nitrogens with zero attached hydrogens (tertiary/aromatic N) is 4. The lowest BCUT2D eigenvalue weighted by molar-refractivity contribution is -0.385. The van der Waals surface area contributed by atoms with Crippen LogP contribution in [0.5, 0.6) is 0 Å². The van der Waals surface area contributed by atoms with Crippen LogP contribution < -0.4 is 4.90 Å². The van der Waals surface area contributed by atoms with Crippen LogP contribution in [-0.2, 0) is 0 Å². The Hall–Kier alpha value is -1.25. The fourth-order valence-corrected chi connectivity index (χ4v) is 2.67. The van der Waals surface area contributed by atoms with Crippen molar-refractivity contribution in [3.8, 4) is 0 Å². The Bertz CT molecular complexity index is 463. The van der Waals surface area contributed by atoms with Gasteiger partial charge in [0.2, 0.25) is 0 Å². The molecule has 1 aromatic heterocycles. The van der Waals surface area contributed by atoms with Gasteiger partial charge in [0.25, 0.3) is 5.69 Å². The van der Waals surface area contributed by atoms with Crippen LogP contribution >= 0.6 is 15.9 Å². The van der Waals surface area contributed by atoms with Crippen LogP contribution in [-0.4, -0.2) is 59.2 Å². The van der Waals surface area contributed by atoms with Gasteiger partial charge in [0.05, 0.1) is 16.0 Å². The van der Waals surface area contributed by atoms with E-state index in [-0.39, 0.29) is 12.3 Å². The first kappa shape index (κ1) is 14.2. The topological polar surface area (TPSA) is 82.7 Å². The van der Waals surface area contributed by atoms with Gasteiger partial charge in [0, 0.05) is 38.8 Å². The number of aliphatic hydroxyl groups is 1. The Kier molecular flexibility index (Phi) is 4.67. The normalized spacial score (nSPS) is 16.6. The molecule has 2 heterocycles. The number of nitro groups is 1. The predicted molar refractivity (Wildman–Crippen MR) is 74.3 cm³/mol. The van der Waals surface area contributed by atoms with Gasteiger partial charge in [-0.1, -0.05) is 0 Å². The lowest BCUT2D eigenvalue weighted by Gasteiger charge is -2.35. The maximum absolute atomic E-state index is 10.7. The highest BCUT2D eigenvalue weighted by molar-refractivity contribution is 9.10. The van der Waals surface area contributed by atoms with Gasteiger partial charge in [0.1, 0.15) is 12.0 Å². The van der Waals surface area contributed by atoms with Gasteiger partial charge in [-0.15, -0.1) is 0 Å². The second-order valence-electron chi connectivity index (χ2n) is 4.31. The maximum atomic E-state index is 10.7. The van der Waals surface area contributed by atoms with Gasteiger partial charge in [-0.25, -0.2) is 4.98 Å².